The monoisotopic (exact) mass is 281 g/mol. The number of hydrogen-bond acceptors (Lipinski definition) is 4. The zero-order valence-corrected chi connectivity index (χ0v) is 10.6. The van der Waals surface area contributed by atoms with Crippen LogP contribution in [0.15, 0.2) is 24.3 Å². The molecule has 0 radical (unpaired) electrons. The minimum atomic E-state index is -1.23. The molecular formula is C12H9ClFN3O2. The molecule has 2 aromatic rings. The van der Waals surface area contributed by atoms with Crippen molar-refractivity contribution in [3.05, 3.63) is 46.5 Å². The van der Waals surface area contributed by atoms with E-state index in [0.29, 0.717) is 11.3 Å². The van der Waals surface area contributed by atoms with Gasteiger partial charge in [0.25, 0.3) is 0 Å². The Labute approximate surface area is 113 Å². The lowest BCUT2D eigenvalue weighted by Gasteiger charge is -2.11. The van der Waals surface area contributed by atoms with Crippen LogP contribution in [-0.2, 0) is 0 Å². The summed E-state index contributed by atoms with van der Waals surface area (Å²) in [5, 5.41) is 18.9. The van der Waals surface area contributed by atoms with Crippen LogP contribution in [0.3, 0.4) is 0 Å². The molecule has 2 rings (SSSR count). The van der Waals surface area contributed by atoms with Crippen molar-refractivity contribution in [3.63, 3.8) is 0 Å². The van der Waals surface area contributed by atoms with Crippen molar-refractivity contribution in [2.45, 2.75) is 6.92 Å². The maximum absolute atomic E-state index is 13.0. The number of benzene rings is 1. The first-order valence-electron chi connectivity index (χ1n) is 5.27. The maximum atomic E-state index is 13.0. The van der Waals surface area contributed by atoms with Crippen LogP contribution >= 0.6 is 11.6 Å². The van der Waals surface area contributed by atoms with Gasteiger partial charge in [-0.1, -0.05) is 11.6 Å². The van der Waals surface area contributed by atoms with Crippen molar-refractivity contribution in [2.24, 2.45) is 0 Å². The van der Waals surface area contributed by atoms with Gasteiger partial charge < -0.3 is 10.4 Å². The molecular weight excluding hydrogens is 273 g/mol. The Morgan fingerprint density at radius 1 is 1.32 bits per heavy atom. The van der Waals surface area contributed by atoms with Gasteiger partial charge in [-0.05, 0) is 30.7 Å². The Bertz CT molecular complexity index is 649. The number of aryl methyl sites for hydroxylation is 1. The molecule has 98 valence electrons. The summed E-state index contributed by atoms with van der Waals surface area (Å²) in [5.74, 6) is -1.60. The predicted molar refractivity (Wildman–Crippen MR) is 68.4 cm³/mol. The van der Waals surface area contributed by atoms with Gasteiger partial charge in [0.2, 0.25) is 0 Å². The van der Waals surface area contributed by atoms with Gasteiger partial charge in [-0.25, -0.2) is 9.18 Å². The molecule has 0 saturated carbocycles. The first-order chi connectivity index (χ1) is 8.97. The molecule has 19 heavy (non-hydrogen) atoms. The van der Waals surface area contributed by atoms with Crippen LogP contribution in [-0.4, -0.2) is 21.3 Å². The van der Waals surface area contributed by atoms with Crippen LogP contribution in [0, 0.1) is 12.7 Å². The van der Waals surface area contributed by atoms with E-state index in [1.54, 1.807) is 6.92 Å². The second kappa shape index (κ2) is 5.19. The Morgan fingerprint density at radius 2 is 2.05 bits per heavy atom. The molecule has 1 heterocycles. The number of anilines is 2. The molecule has 0 saturated heterocycles. The first kappa shape index (κ1) is 13.2. The van der Waals surface area contributed by atoms with Crippen molar-refractivity contribution in [3.8, 4) is 0 Å². The molecule has 1 aromatic carbocycles. The van der Waals surface area contributed by atoms with Gasteiger partial charge in [0, 0.05) is 11.8 Å². The number of aromatic carboxylic acids is 1. The third-order valence-corrected chi connectivity index (χ3v) is 2.61. The lowest BCUT2D eigenvalue weighted by Crippen LogP contribution is -2.07. The fourth-order valence-corrected chi connectivity index (χ4v) is 1.68. The van der Waals surface area contributed by atoms with Gasteiger partial charge in [-0.2, -0.15) is 0 Å². The molecule has 0 aliphatic rings. The summed E-state index contributed by atoms with van der Waals surface area (Å²) in [6.07, 6.45) is 0. The minimum Gasteiger partial charge on any atom is -0.476 e. The van der Waals surface area contributed by atoms with Crippen LogP contribution < -0.4 is 5.32 Å². The average molecular weight is 282 g/mol. The van der Waals surface area contributed by atoms with Gasteiger partial charge in [0.05, 0.1) is 5.69 Å². The van der Waals surface area contributed by atoms with E-state index in [2.05, 4.69) is 15.5 Å². The number of rotatable bonds is 3. The zero-order valence-electron chi connectivity index (χ0n) is 9.82. The third kappa shape index (κ3) is 2.97. The van der Waals surface area contributed by atoms with Gasteiger partial charge in [-0.15, -0.1) is 10.2 Å². The van der Waals surface area contributed by atoms with Crippen molar-refractivity contribution >= 4 is 28.9 Å². The summed E-state index contributed by atoms with van der Waals surface area (Å²) in [6, 6.07) is 5.45. The third-order valence-electron chi connectivity index (χ3n) is 2.42. The number of hydrogen-bond donors (Lipinski definition) is 2. The molecule has 1 aromatic heterocycles. The predicted octanol–water partition coefficient (Wildman–Crippen LogP) is 3.02. The van der Waals surface area contributed by atoms with E-state index in [-0.39, 0.29) is 22.4 Å². The van der Waals surface area contributed by atoms with Crippen LogP contribution in [0.1, 0.15) is 16.1 Å². The standard InChI is InChI=1S/C12H9ClFN3O2/c1-6-4-7(14)2-3-8(6)15-9-5-10(13)16-17-11(9)12(18)19/h2-5H,1H3,(H,15,16)(H,18,19). The van der Waals surface area contributed by atoms with Crippen LogP contribution in [0.4, 0.5) is 15.8 Å². The van der Waals surface area contributed by atoms with E-state index in [4.69, 9.17) is 16.7 Å². The highest BCUT2D eigenvalue weighted by molar-refractivity contribution is 6.29. The van der Waals surface area contributed by atoms with E-state index in [1.165, 1.54) is 24.3 Å². The Kier molecular flexibility index (Phi) is 3.62. The molecule has 0 aliphatic heterocycles. The molecule has 0 amide bonds. The SMILES string of the molecule is Cc1cc(F)ccc1Nc1cc(Cl)nnc1C(=O)O. The molecule has 0 spiro atoms. The Balaban J connectivity index is 2.42. The molecule has 0 unspecified atom stereocenters. The first-order valence-corrected chi connectivity index (χ1v) is 5.65. The van der Waals surface area contributed by atoms with Crippen LogP contribution in [0.2, 0.25) is 5.15 Å². The second-order valence-electron chi connectivity index (χ2n) is 3.82. The smallest absolute Gasteiger partial charge is 0.358 e. The number of carboxylic acids is 1. The second-order valence-corrected chi connectivity index (χ2v) is 4.21. The van der Waals surface area contributed by atoms with Gasteiger partial charge in [-0.3, -0.25) is 0 Å². The van der Waals surface area contributed by atoms with Gasteiger partial charge in [0.1, 0.15) is 5.82 Å². The van der Waals surface area contributed by atoms with Gasteiger partial charge >= 0.3 is 5.97 Å². The number of halogens is 2. The average Bonchev–Trinajstić information content (AvgIpc) is 2.32. The van der Waals surface area contributed by atoms with E-state index >= 15 is 0 Å². The van der Waals surface area contributed by atoms with Crippen molar-refractivity contribution in [2.75, 3.05) is 5.32 Å². The molecule has 2 N–H and O–H groups in total. The molecule has 0 atom stereocenters. The summed E-state index contributed by atoms with van der Waals surface area (Å²) < 4.78 is 13.0. The van der Waals surface area contributed by atoms with E-state index in [0.717, 1.165) is 0 Å². The summed E-state index contributed by atoms with van der Waals surface area (Å²) in [5.41, 5.74) is 1.13. The molecule has 0 aliphatic carbocycles. The van der Waals surface area contributed by atoms with Crippen molar-refractivity contribution in [1.82, 2.24) is 10.2 Å². The lowest BCUT2D eigenvalue weighted by atomic mass is 10.2. The lowest BCUT2D eigenvalue weighted by molar-refractivity contribution is 0.0690. The summed E-state index contributed by atoms with van der Waals surface area (Å²) in [6.45, 7) is 1.70. The van der Waals surface area contributed by atoms with E-state index in [1.807, 2.05) is 0 Å². The van der Waals surface area contributed by atoms with E-state index < -0.39 is 5.97 Å². The summed E-state index contributed by atoms with van der Waals surface area (Å²) >= 11 is 5.69. The number of carboxylic acid groups (broad SMARTS) is 1. The zero-order chi connectivity index (χ0) is 14.0. The largest absolute Gasteiger partial charge is 0.476 e. The fraction of sp³-hybridized carbons (Fsp3) is 0.0833. The normalized spacial score (nSPS) is 10.3. The Hall–Kier alpha value is -2.21. The molecule has 7 heteroatoms. The fourth-order valence-electron chi connectivity index (χ4n) is 1.53. The topological polar surface area (TPSA) is 75.1 Å². The quantitative estimate of drug-likeness (QED) is 0.904. The highest BCUT2D eigenvalue weighted by Crippen LogP contribution is 2.24. The number of aromatic nitrogens is 2. The summed E-state index contributed by atoms with van der Waals surface area (Å²) in [4.78, 5) is 11.0. The highest BCUT2D eigenvalue weighted by Gasteiger charge is 2.14. The number of carbonyl (C=O) groups is 1. The summed E-state index contributed by atoms with van der Waals surface area (Å²) in [7, 11) is 0. The number of nitrogens with zero attached hydrogens (tertiary/aromatic N) is 2. The Morgan fingerprint density at radius 3 is 2.68 bits per heavy atom. The number of nitrogens with one attached hydrogen (secondary N) is 1. The van der Waals surface area contributed by atoms with Crippen LogP contribution in [0.25, 0.3) is 0 Å². The maximum Gasteiger partial charge on any atom is 0.358 e. The molecule has 5 nitrogen and oxygen atoms in total. The van der Waals surface area contributed by atoms with Crippen LogP contribution in [0.5, 0.6) is 0 Å². The van der Waals surface area contributed by atoms with E-state index in [9.17, 15) is 9.18 Å². The molecule has 0 bridgehead atoms. The van der Waals surface area contributed by atoms with Crippen molar-refractivity contribution in [1.29, 1.82) is 0 Å². The van der Waals surface area contributed by atoms with Crippen molar-refractivity contribution < 1.29 is 14.3 Å². The highest BCUT2D eigenvalue weighted by atomic mass is 35.5. The minimum absolute atomic E-state index is 0.0623. The van der Waals surface area contributed by atoms with Gasteiger partial charge in [0.15, 0.2) is 10.8 Å². The molecule has 0 fully saturated rings.